The third-order valence-electron chi connectivity index (χ3n) is 3.98. The number of anilines is 1. The standard InChI is InChI=1S/C18H14F6N2O3/c1-25-15(28)9-3-4-14(27)13(5-9)16(29)26(2)12-7-10(17(19,20)21)6-11(8-12)18(22,23)24/h3-8,27H,1-2H3,(H,25,28). The molecule has 0 aliphatic rings. The van der Waals surface area contributed by atoms with Crippen molar-refractivity contribution in [2.24, 2.45) is 0 Å². The molecule has 2 N–H and O–H groups in total. The molecule has 29 heavy (non-hydrogen) atoms. The molecule has 0 aliphatic carbocycles. The fourth-order valence-electron chi connectivity index (χ4n) is 2.42. The van der Waals surface area contributed by atoms with Gasteiger partial charge < -0.3 is 15.3 Å². The summed E-state index contributed by atoms with van der Waals surface area (Å²) in [4.78, 5) is 24.8. The van der Waals surface area contributed by atoms with Crippen molar-refractivity contribution in [3.05, 3.63) is 58.7 Å². The van der Waals surface area contributed by atoms with Gasteiger partial charge in [-0.05, 0) is 36.4 Å². The summed E-state index contributed by atoms with van der Waals surface area (Å²) in [6.07, 6.45) is -10.2. The van der Waals surface area contributed by atoms with Crippen molar-refractivity contribution in [3.8, 4) is 5.75 Å². The number of phenols is 1. The Morgan fingerprint density at radius 3 is 1.90 bits per heavy atom. The van der Waals surface area contributed by atoms with Crippen LogP contribution in [-0.2, 0) is 12.4 Å². The van der Waals surface area contributed by atoms with Crippen LogP contribution < -0.4 is 10.2 Å². The minimum Gasteiger partial charge on any atom is -0.507 e. The molecular formula is C18H14F6N2O3. The molecule has 2 rings (SSSR count). The van der Waals surface area contributed by atoms with Gasteiger partial charge in [0.2, 0.25) is 0 Å². The summed E-state index contributed by atoms with van der Waals surface area (Å²) < 4.78 is 78.1. The minimum atomic E-state index is -5.08. The number of carbonyl (C=O) groups excluding carboxylic acids is 2. The highest BCUT2D eigenvalue weighted by atomic mass is 19.4. The maximum Gasteiger partial charge on any atom is 0.416 e. The van der Waals surface area contributed by atoms with Crippen LogP contribution in [0.2, 0.25) is 0 Å². The van der Waals surface area contributed by atoms with Gasteiger partial charge in [-0.3, -0.25) is 9.59 Å². The molecule has 0 unspecified atom stereocenters. The van der Waals surface area contributed by atoms with E-state index in [2.05, 4.69) is 5.32 Å². The maximum atomic E-state index is 13.0. The van der Waals surface area contributed by atoms with E-state index >= 15 is 0 Å². The number of carbonyl (C=O) groups is 2. The lowest BCUT2D eigenvalue weighted by atomic mass is 10.1. The smallest absolute Gasteiger partial charge is 0.416 e. The fourth-order valence-corrected chi connectivity index (χ4v) is 2.42. The zero-order chi connectivity index (χ0) is 22.1. The second-order valence-electron chi connectivity index (χ2n) is 5.94. The number of rotatable bonds is 3. The van der Waals surface area contributed by atoms with E-state index in [1.54, 1.807) is 0 Å². The molecule has 0 bridgehead atoms. The zero-order valence-electron chi connectivity index (χ0n) is 14.9. The van der Waals surface area contributed by atoms with Crippen LogP contribution in [0.15, 0.2) is 36.4 Å². The van der Waals surface area contributed by atoms with Crippen molar-refractivity contribution >= 4 is 17.5 Å². The third kappa shape index (κ3) is 4.79. The van der Waals surface area contributed by atoms with Gasteiger partial charge in [-0.15, -0.1) is 0 Å². The summed E-state index contributed by atoms with van der Waals surface area (Å²) in [6.45, 7) is 0. The normalized spacial score (nSPS) is 11.9. The van der Waals surface area contributed by atoms with Gasteiger partial charge in [0, 0.05) is 25.3 Å². The van der Waals surface area contributed by atoms with Crippen LogP contribution in [0, 0.1) is 0 Å². The quantitative estimate of drug-likeness (QED) is 0.736. The van der Waals surface area contributed by atoms with E-state index in [0.717, 1.165) is 19.2 Å². The Balaban J connectivity index is 2.55. The number of alkyl halides is 6. The van der Waals surface area contributed by atoms with Gasteiger partial charge in [0.15, 0.2) is 0 Å². The molecule has 0 aromatic heterocycles. The van der Waals surface area contributed by atoms with Crippen LogP contribution >= 0.6 is 0 Å². The molecule has 0 radical (unpaired) electrons. The van der Waals surface area contributed by atoms with Gasteiger partial charge in [-0.1, -0.05) is 0 Å². The molecule has 2 amide bonds. The summed E-state index contributed by atoms with van der Waals surface area (Å²) in [7, 11) is 2.26. The van der Waals surface area contributed by atoms with Crippen LogP contribution in [0.1, 0.15) is 31.8 Å². The van der Waals surface area contributed by atoms with Gasteiger partial charge in [0.25, 0.3) is 11.8 Å². The third-order valence-corrected chi connectivity index (χ3v) is 3.98. The minimum absolute atomic E-state index is 0.0397. The molecule has 5 nitrogen and oxygen atoms in total. The van der Waals surface area contributed by atoms with Crippen molar-refractivity contribution < 1.29 is 41.0 Å². The van der Waals surface area contributed by atoms with E-state index in [-0.39, 0.29) is 11.6 Å². The Hall–Kier alpha value is -3.24. The van der Waals surface area contributed by atoms with Gasteiger partial charge >= 0.3 is 12.4 Å². The number of nitrogens with zero attached hydrogens (tertiary/aromatic N) is 1. The predicted octanol–water partition coefficient (Wildman–Crippen LogP) is 4.07. The number of phenolic OH excluding ortho intramolecular Hbond substituents is 1. The van der Waals surface area contributed by atoms with Crippen molar-refractivity contribution in [2.75, 3.05) is 19.0 Å². The van der Waals surface area contributed by atoms with E-state index in [1.807, 2.05) is 0 Å². The molecule has 0 saturated carbocycles. The molecule has 0 atom stereocenters. The first-order chi connectivity index (χ1) is 13.3. The maximum absolute atomic E-state index is 13.0. The summed E-state index contributed by atoms with van der Waals surface area (Å²) in [5, 5.41) is 12.2. The number of benzene rings is 2. The molecule has 0 aliphatic heterocycles. The molecule has 0 heterocycles. The Bertz CT molecular complexity index is 921. The lowest BCUT2D eigenvalue weighted by molar-refractivity contribution is -0.143. The molecule has 0 fully saturated rings. The second-order valence-corrected chi connectivity index (χ2v) is 5.94. The van der Waals surface area contributed by atoms with Gasteiger partial charge in [-0.2, -0.15) is 26.3 Å². The van der Waals surface area contributed by atoms with Gasteiger partial charge in [-0.25, -0.2) is 0 Å². The first kappa shape index (κ1) is 22.1. The molecule has 0 saturated heterocycles. The Labute approximate surface area is 160 Å². The zero-order valence-corrected chi connectivity index (χ0v) is 14.9. The summed E-state index contributed by atoms with van der Waals surface area (Å²) in [6, 6.07) is 3.88. The number of hydrogen-bond acceptors (Lipinski definition) is 3. The van der Waals surface area contributed by atoms with Crippen LogP contribution in [0.3, 0.4) is 0 Å². The number of amides is 2. The van der Waals surface area contributed by atoms with E-state index in [1.165, 1.54) is 13.1 Å². The van der Waals surface area contributed by atoms with Crippen LogP contribution in [0.25, 0.3) is 0 Å². The lowest BCUT2D eigenvalue weighted by Crippen LogP contribution is -2.28. The van der Waals surface area contributed by atoms with Gasteiger partial charge in [0.1, 0.15) is 5.75 Å². The highest BCUT2D eigenvalue weighted by molar-refractivity contribution is 6.09. The number of hydrogen-bond donors (Lipinski definition) is 2. The average molecular weight is 420 g/mol. The monoisotopic (exact) mass is 420 g/mol. The fraction of sp³-hybridized carbons (Fsp3) is 0.222. The van der Waals surface area contributed by atoms with E-state index in [0.29, 0.717) is 17.0 Å². The van der Waals surface area contributed by atoms with Gasteiger partial charge in [0.05, 0.1) is 16.7 Å². The number of nitrogens with one attached hydrogen (secondary N) is 1. The molecule has 2 aromatic rings. The molecule has 0 spiro atoms. The summed E-state index contributed by atoms with van der Waals surface area (Å²) in [5.74, 6) is -2.32. The van der Waals surface area contributed by atoms with Crippen molar-refractivity contribution in [2.45, 2.75) is 12.4 Å². The van der Waals surface area contributed by atoms with E-state index in [4.69, 9.17) is 0 Å². The van der Waals surface area contributed by atoms with Crippen LogP contribution in [0.5, 0.6) is 5.75 Å². The van der Waals surface area contributed by atoms with E-state index in [9.17, 15) is 41.0 Å². The highest BCUT2D eigenvalue weighted by Gasteiger charge is 2.37. The Kier molecular flexibility index (Phi) is 5.81. The second kappa shape index (κ2) is 7.64. The summed E-state index contributed by atoms with van der Waals surface area (Å²) in [5.41, 5.74) is -4.39. The highest BCUT2D eigenvalue weighted by Crippen LogP contribution is 2.38. The van der Waals surface area contributed by atoms with Crippen molar-refractivity contribution in [1.82, 2.24) is 5.32 Å². The topological polar surface area (TPSA) is 69.6 Å². The molecule has 156 valence electrons. The summed E-state index contributed by atoms with van der Waals surface area (Å²) >= 11 is 0. The first-order valence-corrected chi connectivity index (χ1v) is 7.88. The largest absolute Gasteiger partial charge is 0.507 e. The molecule has 11 heteroatoms. The average Bonchev–Trinajstić information content (AvgIpc) is 2.64. The van der Waals surface area contributed by atoms with Crippen molar-refractivity contribution in [3.63, 3.8) is 0 Å². The first-order valence-electron chi connectivity index (χ1n) is 7.88. The molecule has 2 aromatic carbocycles. The van der Waals surface area contributed by atoms with Crippen LogP contribution in [-0.4, -0.2) is 31.0 Å². The van der Waals surface area contributed by atoms with E-state index < -0.39 is 52.3 Å². The lowest BCUT2D eigenvalue weighted by Gasteiger charge is -2.21. The number of aromatic hydroxyl groups is 1. The number of halogens is 6. The van der Waals surface area contributed by atoms with Crippen LogP contribution in [0.4, 0.5) is 32.0 Å². The Morgan fingerprint density at radius 1 is 0.931 bits per heavy atom. The van der Waals surface area contributed by atoms with Crippen molar-refractivity contribution in [1.29, 1.82) is 0 Å². The SMILES string of the molecule is CNC(=O)c1ccc(O)c(C(=O)N(C)c2cc(C(F)(F)F)cc(C(F)(F)F)c2)c1. The predicted molar refractivity (Wildman–Crippen MR) is 90.7 cm³/mol. The Morgan fingerprint density at radius 2 is 1.45 bits per heavy atom. The molecular weight excluding hydrogens is 406 g/mol.